The number of halogens is 2. The molecule has 1 aliphatic heterocycles. The van der Waals surface area contributed by atoms with Crippen molar-refractivity contribution in [3.63, 3.8) is 0 Å². The Kier molecular flexibility index (Phi) is 6.12. The maximum absolute atomic E-state index is 13.0. The third-order valence-electron chi connectivity index (χ3n) is 5.17. The Morgan fingerprint density at radius 2 is 2.07 bits per heavy atom. The summed E-state index contributed by atoms with van der Waals surface area (Å²) in [5.41, 5.74) is 1.36. The lowest BCUT2D eigenvalue weighted by Gasteiger charge is -2.35. The van der Waals surface area contributed by atoms with Crippen molar-refractivity contribution in [2.45, 2.75) is 25.8 Å². The maximum Gasteiger partial charge on any atom is 0.257 e. The first-order chi connectivity index (χ1) is 12.9. The van der Waals surface area contributed by atoms with E-state index in [9.17, 15) is 9.59 Å². The van der Waals surface area contributed by atoms with E-state index in [0.717, 1.165) is 18.4 Å². The molecule has 2 aromatic rings. The van der Waals surface area contributed by atoms with Gasteiger partial charge in [-0.3, -0.25) is 9.59 Å². The Morgan fingerprint density at radius 1 is 1.30 bits per heavy atom. The SMILES string of the molecule is C[C@@H](c1ccc(Cl)cc1Cl)N(C)C(=O)[C@H]1CCCN(C(=O)c2ccoc2)C1. The van der Waals surface area contributed by atoms with Crippen LogP contribution in [0.1, 0.15) is 41.7 Å². The second kappa shape index (κ2) is 8.36. The van der Waals surface area contributed by atoms with Crippen LogP contribution in [-0.4, -0.2) is 41.8 Å². The van der Waals surface area contributed by atoms with Gasteiger partial charge in [-0.05, 0) is 43.5 Å². The van der Waals surface area contributed by atoms with E-state index >= 15 is 0 Å². The normalized spacial score (nSPS) is 18.2. The number of rotatable bonds is 4. The number of hydrogen-bond donors (Lipinski definition) is 0. The molecule has 2 atom stereocenters. The van der Waals surface area contributed by atoms with Crippen molar-refractivity contribution in [3.05, 3.63) is 58.0 Å². The van der Waals surface area contributed by atoms with Gasteiger partial charge in [0.1, 0.15) is 6.26 Å². The zero-order chi connectivity index (χ0) is 19.6. The van der Waals surface area contributed by atoms with Crippen molar-refractivity contribution < 1.29 is 14.0 Å². The molecule has 0 unspecified atom stereocenters. The van der Waals surface area contributed by atoms with Crippen molar-refractivity contribution in [3.8, 4) is 0 Å². The largest absolute Gasteiger partial charge is 0.472 e. The van der Waals surface area contributed by atoms with Gasteiger partial charge >= 0.3 is 0 Å². The molecule has 2 amide bonds. The van der Waals surface area contributed by atoms with Crippen LogP contribution in [0.5, 0.6) is 0 Å². The molecule has 0 N–H and O–H groups in total. The Morgan fingerprint density at radius 3 is 2.74 bits per heavy atom. The molecule has 0 bridgehead atoms. The highest BCUT2D eigenvalue weighted by atomic mass is 35.5. The van der Waals surface area contributed by atoms with Gasteiger partial charge in [0.15, 0.2) is 0 Å². The predicted molar refractivity (Wildman–Crippen MR) is 105 cm³/mol. The fourth-order valence-electron chi connectivity index (χ4n) is 3.46. The predicted octanol–water partition coefficient (Wildman–Crippen LogP) is 4.66. The van der Waals surface area contributed by atoms with Crippen LogP contribution in [0.2, 0.25) is 10.0 Å². The summed E-state index contributed by atoms with van der Waals surface area (Å²) in [6.07, 6.45) is 4.47. The Hall–Kier alpha value is -1.98. The molecule has 3 rings (SSSR count). The highest BCUT2D eigenvalue weighted by Crippen LogP contribution is 2.31. The number of amides is 2. The molecule has 0 radical (unpaired) electrons. The van der Waals surface area contributed by atoms with Crippen LogP contribution >= 0.6 is 23.2 Å². The topological polar surface area (TPSA) is 53.8 Å². The Bertz CT molecular complexity index is 823. The molecule has 1 aliphatic rings. The molecule has 7 heteroatoms. The van der Waals surface area contributed by atoms with Crippen LogP contribution in [0.25, 0.3) is 0 Å². The molecule has 1 aromatic carbocycles. The summed E-state index contributed by atoms with van der Waals surface area (Å²) in [5, 5.41) is 1.10. The van der Waals surface area contributed by atoms with Gasteiger partial charge in [-0.2, -0.15) is 0 Å². The Balaban J connectivity index is 1.69. The van der Waals surface area contributed by atoms with E-state index in [1.165, 1.54) is 12.5 Å². The van der Waals surface area contributed by atoms with E-state index in [0.29, 0.717) is 28.7 Å². The maximum atomic E-state index is 13.0. The van der Waals surface area contributed by atoms with Crippen LogP contribution < -0.4 is 0 Å². The molecular formula is C20H22Cl2N2O3. The van der Waals surface area contributed by atoms with Gasteiger partial charge in [-0.25, -0.2) is 0 Å². The van der Waals surface area contributed by atoms with E-state index in [2.05, 4.69) is 0 Å². The highest BCUT2D eigenvalue weighted by Gasteiger charge is 2.32. The lowest BCUT2D eigenvalue weighted by atomic mass is 9.95. The van der Waals surface area contributed by atoms with Crippen LogP contribution in [0.3, 0.4) is 0 Å². The van der Waals surface area contributed by atoms with E-state index < -0.39 is 0 Å². The summed E-state index contributed by atoms with van der Waals surface area (Å²) in [4.78, 5) is 29.0. The minimum atomic E-state index is -0.229. The summed E-state index contributed by atoms with van der Waals surface area (Å²) >= 11 is 12.3. The fourth-order valence-corrected chi connectivity index (χ4v) is 4.03. The first kappa shape index (κ1) is 19.8. The van der Waals surface area contributed by atoms with E-state index in [-0.39, 0.29) is 23.8 Å². The fraction of sp³-hybridized carbons (Fsp3) is 0.400. The molecule has 144 valence electrons. The number of piperidine rings is 1. The Labute approximate surface area is 168 Å². The van der Waals surface area contributed by atoms with Gasteiger partial charge in [-0.15, -0.1) is 0 Å². The zero-order valence-electron chi connectivity index (χ0n) is 15.3. The van der Waals surface area contributed by atoms with Crippen LogP contribution in [0.15, 0.2) is 41.2 Å². The number of furan rings is 1. The molecule has 0 spiro atoms. The minimum Gasteiger partial charge on any atom is -0.472 e. The van der Waals surface area contributed by atoms with Gasteiger partial charge in [0.25, 0.3) is 5.91 Å². The number of benzene rings is 1. The van der Waals surface area contributed by atoms with Crippen LogP contribution in [0.4, 0.5) is 0 Å². The number of nitrogens with zero attached hydrogens (tertiary/aromatic N) is 2. The molecule has 27 heavy (non-hydrogen) atoms. The van der Waals surface area contributed by atoms with Gasteiger partial charge in [-0.1, -0.05) is 29.3 Å². The average Bonchev–Trinajstić information content (AvgIpc) is 3.20. The summed E-state index contributed by atoms with van der Waals surface area (Å²) in [6, 6.07) is 6.74. The lowest BCUT2D eigenvalue weighted by molar-refractivity contribution is -0.137. The van der Waals surface area contributed by atoms with Crippen molar-refractivity contribution in [1.29, 1.82) is 0 Å². The van der Waals surface area contributed by atoms with Crippen molar-refractivity contribution in [1.82, 2.24) is 9.80 Å². The summed E-state index contributed by atoms with van der Waals surface area (Å²) in [5.74, 6) is -0.316. The van der Waals surface area contributed by atoms with E-state index in [1.54, 1.807) is 35.0 Å². The monoisotopic (exact) mass is 408 g/mol. The molecule has 2 heterocycles. The van der Waals surface area contributed by atoms with Gasteiger partial charge in [0.2, 0.25) is 5.91 Å². The first-order valence-corrected chi connectivity index (χ1v) is 9.67. The highest BCUT2D eigenvalue weighted by molar-refractivity contribution is 6.35. The van der Waals surface area contributed by atoms with Crippen LogP contribution in [0, 0.1) is 5.92 Å². The second-order valence-corrected chi connectivity index (χ2v) is 7.74. The van der Waals surface area contributed by atoms with Crippen molar-refractivity contribution in [2.24, 2.45) is 5.92 Å². The molecule has 0 aliphatic carbocycles. The third kappa shape index (κ3) is 4.30. The number of hydrogen-bond acceptors (Lipinski definition) is 3. The standard InChI is InChI=1S/C20H22Cl2N2O3/c1-13(17-6-5-16(21)10-18(17)22)23(2)19(25)14-4-3-8-24(11-14)20(26)15-7-9-27-12-15/h5-7,9-10,12-14H,3-4,8,11H2,1-2H3/t13-,14-/m0/s1. The molecular weight excluding hydrogens is 387 g/mol. The van der Waals surface area contributed by atoms with Gasteiger partial charge < -0.3 is 14.2 Å². The smallest absolute Gasteiger partial charge is 0.257 e. The number of carbonyl (C=O) groups is 2. The summed E-state index contributed by atoms with van der Waals surface area (Å²) in [7, 11) is 1.77. The van der Waals surface area contributed by atoms with Crippen LogP contribution in [-0.2, 0) is 4.79 Å². The summed E-state index contributed by atoms with van der Waals surface area (Å²) in [6.45, 7) is 2.99. The average molecular weight is 409 g/mol. The minimum absolute atomic E-state index is 0.0122. The third-order valence-corrected chi connectivity index (χ3v) is 5.73. The number of carbonyl (C=O) groups excluding carboxylic acids is 2. The zero-order valence-corrected chi connectivity index (χ0v) is 16.8. The molecule has 1 saturated heterocycles. The molecule has 1 fully saturated rings. The first-order valence-electron chi connectivity index (χ1n) is 8.91. The van der Waals surface area contributed by atoms with E-state index in [4.69, 9.17) is 27.6 Å². The quantitative estimate of drug-likeness (QED) is 0.738. The number of likely N-dealkylation sites (tertiary alicyclic amines) is 1. The van der Waals surface area contributed by atoms with Gasteiger partial charge in [0, 0.05) is 30.2 Å². The second-order valence-electron chi connectivity index (χ2n) is 6.89. The summed E-state index contributed by atoms with van der Waals surface area (Å²) < 4.78 is 4.99. The lowest BCUT2D eigenvalue weighted by Crippen LogP contribution is -2.46. The molecule has 0 saturated carbocycles. The van der Waals surface area contributed by atoms with Crippen molar-refractivity contribution >= 4 is 35.0 Å². The van der Waals surface area contributed by atoms with Gasteiger partial charge in [0.05, 0.1) is 23.8 Å². The van der Waals surface area contributed by atoms with Crippen molar-refractivity contribution in [2.75, 3.05) is 20.1 Å². The molecule has 5 nitrogen and oxygen atoms in total. The van der Waals surface area contributed by atoms with E-state index in [1.807, 2.05) is 13.0 Å². The molecule has 1 aromatic heterocycles.